The Hall–Kier alpha value is -3.07. The van der Waals surface area contributed by atoms with E-state index in [1.807, 2.05) is 48.9 Å². The van der Waals surface area contributed by atoms with Crippen molar-refractivity contribution in [3.05, 3.63) is 64.7 Å². The molecule has 0 aliphatic carbocycles. The molecular formula is C18H16BrN7O. The summed E-state index contributed by atoms with van der Waals surface area (Å²) in [5.74, 6) is 0.546. The molecule has 2 heterocycles. The molecule has 9 heteroatoms. The molecule has 2 aromatic heterocycles. The van der Waals surface area contributed by atoms with Crippen LogP contribution in [-0.2, 0) is 7.05 Å². The van der Waals surface area contributed by atoms with Gasteiger partial charge in [-0.25, -0.2) is 4.98 Å². The summed E-state index contributed by atoms with van der Waals surface area (Å²) in [6, 6.07) is 13.0. The third kappa shape index (κ3) is 3.21. The van der Waals surface area contributed by atoms with Crippen LogP contribution in [0.1, 0.15) is 29.1 Å². The number of hydrogen-bond acceptors (Lipinski definition) is 5. The Morgan fingerprint density at radius 3 is 2.78 bits per heavy atom. The van der Waals surface area contributed by atoms with Crippen LogP contribution in [0.25, 0.3) is 16.7 Å². The molecule has 8 nitrogen and oxygen atoms in total. The van der Waals surface area contributed by atoms with Crippen molar-refractivity contribution in [2.45, 2.75) is 13.0 Å². The lowest BCUT2D eigenvalue weighted by Crippen LogP contribution is -2.29. The maximum Gasteiger partial charge on any atom is 0.254 e. The summed E-state index contributed by atoms with van der Waals surface area (Å²) in [4.78, 5) is 17.6. The van der Waals surface area contributed by atoms with E-state index in [0.717, 1.165) is 21.3 Å². The lowest BCUT2D eigenvalue weighted by atomic mass is 10.1. The number of amides is 1. The molecule has 0 saturated heterocycles. The third-order valence-corrected chi connectivity index (χ3v) is 4.85. The Morgan fingerprint density at radius 1 is 1.22 bits per heavy atom. The number of nitrogens with zero attached hydrogens (tertiary/aromatic N) is 6. The molecule has 27 heavy (non-hydrogen) atoms. The van der Waals surface area contributed by atoms with E-state index in [-0.39, 0.29) is 11.9 Å². The van der Waals surface area contributed by atoms with Gasteiger partial charge in [-0.3, -0.25) is 4.79 Å². The quantitative estimate of drug-likeness (QED) is 0.542. The zero-order valence-electron chi connectivity index (χ0n) is 14.7. The van der Waals surface area contributed by atoms with Gasteiger partial charge in [0, 0.05) is 11.5 Å². The molecule has 1 N–H and O–H groups in total. The summed E-state index contributed by atoms with van der Waals surface area (Å²) in [6.45, 7) is 1.91. The van der Waals surface area contributed by atoms with Gasteiger partial charge in [0.15, 0.2) is 0 Å². The van der Waals surface area contributed by atoms with Crippen LogP contribution in [0.4, 0.5) is 0 Å². The van der Waals surface area contributed by atoms with Crippen LogP contribution < -0.4 is 5.32 Å². The predicted octanol–water partition coefficient (Wildman–Crippen LogP) is 2.80. The highest BCUT2D eigenvalue weighted by Gasteiger charge is 2.20. The van der Waals surface area contributed by atoms with Crippen LogP contribution in [0.3, 0.4) is 0 Å². The van der Waals surface area contributed by atoms with Crippen LogP contribution in [-0.4, -0.2) is 35.7 Å². The monoisotopic (exact) mass is 425 g/mol. The molecule has 0 spiro atoms. The fourth-order valence-corrected chi connectivity index (χ4v) is 3.41. The molecule has 2 aromatic carbocycles. The van der Waals surface area contributed by atoms with Gasteiger partial charge in [-0.1, -0.05) is 28.1 Å². The number of aromatic nitrogens is 6. The second kappa shape index (κ2) is 6.92. The van der Waals surface area contributed by atoms with Crippen molar-refractivity contribution < 1.29 is 4.79 Å². The first-order chi connectivity index (χ1) is 13.0. The van der Waals surface area contributed by atoms with Crippen LogP contribution in [0, 0.1) is 0 Å². The van der Waals surface area contributed by atoms with Gasteiger partial charge in [-0.15, -0.1) is 5.10 Å². The van der Waals surface area contributed by atoms with E-state index in [0.29, 0.717) is 11.3 Å². The maximum absolute atomic E-state index is 13.0. The molecule has 1 amide bonds. The number of nitrogens with one attached hydrogen (secondary N) is 1. The molecule has 4 rings (SSSR count). The zero-order chi connectivity index (χ0) is 19.0. The number of benzene rings is 2. The molecule has 4 aromatic rings. The number of imidazole rings is 1. The number of fused-ring (bicyclic) bond motifs is 1. The number of aryl methyl sites for hydroxylation is 1. The van der Waals surface area contributed by atoms with Crippen molar-refractivity contribution in [1.82, 2.24) is 35.1 Å². The third-order valence-electron chi connectivity index (χ3n) is 4.36. The van der Waals surface area contributed by atoms with E-state index in [1.54, 1.807) is 12.1 Å². The van der Waals surface area contributed by atoms with Gasteiger partial charge in [0.25, 0.3) is 5.91 Å². The van der Waals surface area contributed by atoms with E-state index in [4.69, 9.17) is 0 Å². The number of carbonyl (C=O) groups excluding carboxylic acids is 1. The lowest BCUT2D eigenvalue weighted by molar-refractivity contribution is 0.0937. The van der Waals surface area contributed by atoms with Gasteiger partial charge in [0.05, 0.1) is 28.3 Å². The molecule has 0 aliphatic heterocycles. The average Bonchev–Trinajstić information content (AvgIpc) is 3.30. The van der Waals surface area contributed by atoms with Gasteiger partial charge < -0.3 is 9.88 Å². The van der Waals surface area contributed by atoms with E-state index in [9.17, 15) is 4.79 Å². The maximum atomic E-state index is 13.0. The lowest BCUT2D eigenvalue weighted by Gasteiger charge is -2.16. The highest BCUT2D eigenvalue weighted by molar-refractivity contribution is 9.10. The van der Waals surface area contributed by atoms with Crippen LogP contribution >= 0.6 is 15.9 Å². The van der Waals surface area contributed by atoms with Gasteiger partial charge in [-0.05, 0) is 47.7 Å². The summed E-state index contributed by atoms with van der Waals surface area (Å²) in [7, 11) is 1.94. The minimum Gasteiger partial charge on any atom is -0.342 e. The summed E-state index contributed by atoms with van der Waals surface area (Å²) < 4.78 is 4.24. The number of halogens is 1. The predicted molar refractivity (Wildman–Crippen MR) is 103 cm³/mol. The Bertz CT molecular complexity index is 1120. The highest BCUT2D eigenvalue weighted by Crippen LogP contribution is 2.22. The van der Waals surface area contributed by atoms with Gasteiger partial charge >= 0.3 is 0 Å². The van der Waals surface area contributed by atoms with E-state index >= 15 is 0 Å². The minimum absolute atomic E-state index is 0.235. The Morgan fingerprint density at radius 2 is 2.04 bits per heavy atom. The average molecular weight is 426 g/mol. The first-order valence-electron chi connectivity index (χ1n) is 8.29. The molecule has 136 valence electrons. The van der Waals surface area contributed by atoms with Gasteiger partial charge in [0.2, 0.25) is 0 Å². The Kier molecular flexibility index (Phi) is 4.44. The summed E-state index contributed by atoms with van der Waals surface area (Å²) in [6.07, 6.45) is 1.45. The molecular weight excluding hydrogens is 410 g/mol. The first-order valence-corrected chi connectivity index (χ1v) is 9.09. The van der Waals surface area contributed by atoms with Crippen molar-refractivity contribution in [2.24, 2.45) is 7.05 Å². The molecule has 0 saturated carbocycles. The van der Waals surface area contributed by atoms with Crippen LogP contribution in [0.5, 0.6) is 0 Å². The van der Waals surface area contributed by atoms with Crippen molar-refractivity contribution in [2.75, 3.05) is 0 Å². The molecule has 0 fully saturated rings. The second-order valence-corrected chi connectivity index (χ2v) is 7.04. The summed E-state index contributed by atoms with van der Waals surface area (Å²) in [5, 5.41) is 14.2. The summed E-state index contributed by atoms with van der Waals surface area (Å²) >= 11 is 3.42. The van der Waals surface area contributed by atoms with E-state index in [2.05, 4.69) is 41.8 Å². The van der Waals surface area contributed by atoms with Crippen molar-refractivity contribution in [3.8, 4) is 5.69 Å². The molecule has 0 bridgehead atoms. The second-order valence-electron chi connectivity index (χ2n) is 6.13. The van der Waals surface area contributed by atoms with Crippen LogP contribution in [0.2, 0.25) is 0 Å². The fourth-order valence-electron chi connectivity index (χ4n) is 3.05. The Labute approximate surface area is 163 Å². The normalized spacial score (nSPS) is 12.3. The van der Waals surface area contributed by atoms with Crippen molar-refractivity contribution >= 4 is 32.9 Å². The highest BCUT2D eigenvalue weighted by atomic mass is 79.9. The van der Waals surface area contributed by atoms with Gasteiger partial charge in [-0.2, -0.15) is 4.68 Å². The standard InChI is InChI=1S/C18H16BrN7O/c1-11(17-22-14-5-3-4-6-16(14)25(17)2)21-18(27)13-9-12(19)7-8-15(13)26-10-20-23-24-26/h3-11H,1-2H3,(H,21,27). The van der Waals surface area contributed by atoms with Crippen molar-refractivity contribution in [1.29, 1.82) is 0 Å². The largest absolute Gasteiger partial charge is 0.342 e. The first kappa shape index (κ1) is 17.3. The molecule has 0 radical (unpaired) electrons. The Balaban J connectivity index is 1.66. The minimum atomic E-state index is -0.282. The van der Waals surface area contributed by atoms with E-state index < -0.39 is 0 Å². The fraction of sp³-hybridized carbons (Fsp3) is 0.167. The number of rotatable bonds is 4. The van der Waals surface area contributed by atoms with E-state index in [1.165, 1.54) is 11.0 Å². The number of tetrazole rings is 1. The number of hydrogen-bond donors (Lipinski definition) is 1. The van der Waals surface area contributed by atoms with Crippen molar-refractivity contribution in [3.63, 3.8) is 0 Å². The number of para-hydroxylation sites is 2. The van der Waals surface area contributed by atoms with Gasteiger partial charge in [0.1, 0.15) is 12.2 Å². The van der Waals surface area contributed by atoms with Crippen LogP contribution in [0.15, 0.2) is 53.3 Å². The summed E-state index contributed by atoms with van der Waals surface area (Å²) in [5.41, 5.74) is 2.97. The number of carbonyl (C=O) groups is 1. The smallest absolute Gasteiger partial charge is 0.254 e. The zero-order valence-corrected chi connectivity index (χ0v) is 16.3. The molecule has 1 atom stereocenters. The molecule has 1 unspecified atom stereocenters. The SMILES string of the molecule is CC(NC(=O)c1cc(Br)ccc1-n1cnnn1)c1nc2ccccc2n1C. The topological polar surface area (TPSA) is 90.5 Å². The molecule has 0 aliphatic rings.